The van der Waals surface area contributed by atoms with Gasteiger partial charge < -0.3 is 14.6 Å². The Morgan fingerprint density at radius 2 is 2.00 bits per heavy atom. The van der Waals surface area contributed by atoms with Gasteiger partial charge in [-0.1, -0.05) is 0 Å². The highest BCUT2D eigenvalue weighted by Crippen LogP contribution is 2.29. The number of benzene rings is 1. The standard InChI is InChI=1S/C11H15NO6S/c1-7(11(14)18-3)19(15,16)12-9-6-8(17-2)4-5-10(9)13/h4-7,12-13H,1-3H3. The van der Waals surface area contributed by atoms with Gasteiger partial charge in [-0.15, -0.1) is 0 Å². The topological polar surface area (TPSA) is 102 Å². The summed E-state index contributed by atoms with van der Waals surface area (Å²) in [6.45, 7) is 1.19. The van der Waals surface area contributed by atoms with Gasteiger partial charge >= 0.3 is 5.97 Å². The molecule has 0 fully saturated rings. The van der Waals surface area contributed by atoms with Gasteiger partial charge in [-0.05, 0) is 19.1 Å². The van der Waals surface area contributed by atoms with Crippen molar-refractivity contribution in [1.82, 2.24) is 0 Å². The number of phenolic OH excluding ortho intramolecular Hbond substituents is 1. The third-order valence-corrected chi connectivity index (χ3v) is 4.08. The predicted molar refractivity (Wildman–Crippen MR) is 68.7 cm³/mol. The van der Waals surface area contributed by atoms with Crippen molar-refractivity contribution in [3.63, 3.8) is 0 Å². The minimum absolute atomic E-state index is 0.0740. The first-order valence-corrected chi connectivity index (χ1v) is 6.83. The van der Waals surface area contributed by atoms with Crippen LogP contribution in [-0.2, 0) is 19.6 Å². The van der Waals surface area contributed by atoms with Gasteiger partial charge in [0.2, 0.25) is 10.0 Å². The number of aromatic hydroxyl groups is 1. The van der Waals surface area contributed by atoms with Crippen LogP contribution in [0.5, 0.6) is 11.5 Å². The third-order valence-electron chi connectivity index (χ3n) is 2.45. The van der Waals surface area contributed by atoms with E-state index in [1.54, 1.807) is 0 Å². The van der Waals surface area contributed by atoms with Crippen molar-refractivity contribution in [3.05, 3.63) is 18.2 Å². The summed E-state index contributed by atoms with van der Waals surface area (Å²) in [6, 6.07) is 4.05. The number of carbonyl (C=O) groups is 1. The number of phenols is 1. The summed E-state index contributed by atoms with van der Waals surface area (Å²) in [5.41, 5.74) is -0.0740. The zero-order valence-electron chi connectivity index (χ0n) is 10.7. The van der Waals surface area contributed by atoms with Crippen LogP contribution in [-0.4, -0.2) is 39.0 Å². The molecule has 0 bridgehead atoms. The molecule has 7 nitrogen and oxygen atoms in total. The number of carbonyl (C=O) groups excluding carboxylic acids is 1. The van der Waals surface area contributed by atoms with Crippen LogP contribution < -0.4 is 9.46 Å². The molecule has 1 rings (SSSR count). The molecule has 1 aromatic rings. The smallest absolute Gasteiger partial charge is 0.325 e. The van der Waals surface area contributed by atoms with Crippen LogP contribution >= 0.6 is 0 Å². The molecular formula is C11H15NO6S. The minimum atomic E-state index is -4.01. The molecule has 19 heavy (non-hydrogen) atoms. The highest BCUT2D eigenvalue weighted by atomic mass is 32.2. The van der Waals surface area contributed by atoms with Gasteiger partial charge in [0.1, 0.15) is 11.5 Å². The summed E-state index contributed by atoms with van der Waals surface area (Å²) in [5.74, 6) is -0.808. The maximum Gasteiger partial charge on any atom is 0.325 e. The number of ether oxygens (including phenoxy) is 2. The molecule has 8 heteroatoms. The molecule has 0 saturated heterocycles. The number of sulfonamides is 1. The second kappa shape index (κ2) is 5.79. The van der Waals surface area contributed by atoms with Crippen molar-refractivity contribution in [2.75, 3.05) is 18.9 Å². The Kier molecular flexibility index (Phi) is 4.60. The summed E-state index contributed by atoms with van der Waals surface area (Å²) < 4.78 is 35.2. The van der Waals surface area contributed by atoms with E-state index in [2.05, 4.69) is 9.46 Å². The molecule has 0 saturated carbocycles. The van der Waals surface area contributed by atoms with E-state index in [-0.39, 0.29) is 11.4 Å². The maximum absolute atomic E-state index is 11.9. The Balaban J connectivity index is 3.04. The van der Waals surface area contributed by atoms with Crippen LogP contribution in [0.25, 0.3) is 0 Å². The van der Waals surface area contributed by atoms with Gasteiger partial charge in [-0.2, -0.15) is 0 Å². The second-order valence-corrected chi connectivity index (χ2v) is 5.70. The van der Waals surface area contributed by atoms with Crippen molar-refractivity contribution in [3.8, 4) is 11.5 Å². The van der Waals surface area contributed by atoms with Crippen molar-refractivity contribution < 1.29 is 27.8 Å². The third kappa shape index (κ3) is 3.50. The summed E-state index contributed by atoms with van der Waals surface area (Å²) >= 11 is 0. The summed E-state index contributed by atoms with van der Waals surface area (Å²) in [4.78, 5) is 11.2. The van der Waals surface area contributed by atoms with E-state index >= 15 is 0 Å². The van der Waals surface area contributed by atoms with E-state index < -0.39 is 21.2 Å². The largest absolute Gasteiger partial charge is 0.506 e. The number of methoxy groups -OCH3 is 2. The van der Waals surface area contributed by atoms with Gasteiger partial charge in [0.15, 0.2) is 5.25 Å². The van der Waals surface area contributed by atoms with Crippen molar-refractivity contribution >= 4 is 21.7 Å². The SMILES string of the molecule is COC(=O)C(C)S(=O)(=O)Nc1cc(OC)ccc1O. The van der Waals surface area contributed by atoms with E-state index in [9.17, 15) is 18.3 Å². The van der Waals surface area contributed by atoms with Gasteiger partial charge in [0, 0.05) is 6.07 Å². The van der Waals surface area contributed by atoms with Gasteiger partial charge in [-0.3, -0.25) is 9.52 Å². The normalized spacial score (nSPS) is 12.6. The number of hydrogen-bond acceptors (Lipinski definition) is 6. The van der Waals surface area contributed by atoms with Gasteiger partial charge in [-0.25, -0.2) is 8.42 Å². The Morgan fingerprint density at radius 3 is 2.53 bits per heavy atom. The lowest BCUT2D eigenvalue weighted by molar-refractivity contribution is -0.139. The average Bonchev–Trinajstić information content (AvgIpc) is 2.39. The molecular weight excluding hydrogens is 274 g/mol. The Bertz CT molecular complexity index is 569. The number of anilines is 1. The van der Waals surface area contributed by atoms with Crippen LogP contribution in [0.3, 0.4) is 0 Å². The fourth-order valence-electron chi connectivity index (χ4n) is 1.26. The van der Waals surface area contributed by atoms with Gasteiger partial charge in [0.05, 0.1) is 19.9 Å². The highest BCUT2D eigenvalue weighted by molar-refractivity contribution is 7.94. The van der Waals surface area contributed by atoms with E-state index in [0.29, 0.717) is 5.75 Å². The van der Waals surface area contributed by atoms with E-state index in [4.69, 9.17) is 4.74 Å². The fourth-order valence-corrected chi connectivity index (χ4v) is 2.25. The maximum atomic E-state index is 11.9. The molecule has 0 aromatic heterocycles. The molecule has 0 aliphatic carbocycles. The Hall–Kier alpha value is -1.96. The first-order valence-electron chi connectivity index (χ1n) is 5.28. The van der Waals surface area contributed by atoms with Crippen LogP contribution in [0.2, 0.25) is 0 Å². The van der Waals surface area contributed by atoms with Crippen LogP contribution in [0.4, 0.5) is 5.69 Å². The molecule has 0 radical (unpaired) electrons. The quantitative estimate of drug-likeness (QED) is 0.611. The summed E-state index contributed by atoms with van der Waals surface area (Å²) in [7, 11) is -1.51. The number of hydrogen-bond donors (Lipinski definition) is 2. The molecule has 0 heterocycles. The van der Waals surface area contributed by atoms with Crippen molar-refractivity contribution in [2.45, 2.75) is 12.2 Å². The number of esters is 1. The van der Waals surface area contributed by atoms with Crippen LogP contribution in [0.1, 0.15) is 6.92 Å². The predicted octanol–water partition coefficient (Wildman–Crippen LogP) is 0.704. The number of nitrogens with one attached hydrogen (secondary N) is 1. The lowest BCUT2D eigenvalue weighted by Crippen LogP contribution is -2.33. The van der Waals surface area contributed by atoms with Crippen molar-refractivity contribution in [1.29, 1.82) is 0 Å². The van der Waals surface area contributed by atoms with E-state index in [0.717, 1.165) is 7.11 Å². The molecule has 1 aromatic carbocycles. The lowest BCUT2D eigenvalue weighted by atomic mass is 10.3. The molecule has 0 aliphatic heterocycles. The molecule has 106 valence electrons. The monoisotopic (exact) mass is 289 g/mol. The second-order valence-electron chi connectivity index (χ2n) is 3.70. The minimum Gasteiger partial charge on any atom is -0.506 e. The van der Waals surface area contributed by atoms with Gasteiger partial charge in [0.25, 0.3) is 0 Å². The summed E-state index contributed by atoms with van der Waals surface area (Å²) in [5, 5.41) is 8.17. The van der Waals surface area contributed by atoms with Crippen LogP contribution in [0, 0.1) is 0 Å². The number of rotatable bonds is 5. The zero-order valence-corrected chi connectivity index (χ0v) is 11.5. The molecule has 1 unspecified atom stereocenters. The van der Waals surface area contributed by atoms with Crippen LogP contribution in [0.15, 0.2) is 18.2 Å². The van der Waals surface area contributed by atoms with Crippen molar-refractivity contribution in [2.24, 2.45) is 0 Å². The van der Waals surface area contributed by atoms with E-state index in [1.165, 1.54) is 32.2 Å². The molecule has 1 atom stereocenters. The first kappa shape index (κ1) is 15.1. The molecule has 2 N–H and O–H groups in total. The fraction of sp³-hybridized carbons (Fsp3) is 0.364. The molecule has 0 spiro atoms. The molecule has 0 amide bonds. The van der Waals surface area contributed by atoms with E-state index in [1.807, 2.05) is 0 Å². The Labute approximate surface area is 111 Å². The zero-order chi connectivity index (χ0) is 14.6. The summed E-state index contributed by atoms with van der Waals surface area (Å²) in [6.07, 6.45) is 0. The highest BCUT2D eigenvalue weighted by Gasteiger charge is 2.29. The lowest BCUT2D eigenvalue weighted by Gasteiger charge is -2.14. The molecule has 0 aliphatic rings. The average molecular weight is 289 g/mol. The first-order chi connectivity index (χ1) is 8.81. The Morgan fingerprint density at radius 1 is 1.37 bits per heavy atom.